The number of carbonyl (C=O) groups excluding carboxylic acids is 2. The summed E-state index contributed by atoms with van der Waals surface area (Å²) in [6, 6.07) is 0. The second-order valence-corrected chi connectivity index (χ2v) is 7.93. The minimum absolute atomic E-state index is 0.0181. The third-order valence-electron chi connectivity index (χ3n) is 6.33. The maximum Gasteiger partial charge on any atom is 0.341 e. The normalized spacial score (nSPS) is 47.7. The van der Waals surface area contributed by atoms with Crippen molar-refractivity contribution in [1.82, 2.24) is 0 Å². The van der Waals surface area contributed by atoms with Gasteiger partial charge in [0, 0.05) is 18.8 Å². The van der Waals surface area contributed by atoms with E-state index < -0.39 is 18.2 Å². The van der Waals surface area contributed by atoms with Crippen LogP contribution in [0.1, 0.15) is 32.6 Å². The molecule has 0 aromatic heterocycles. The van der Waals surface area contributed by atoms with E-state index in [1.165, 1.54) is 0 Å². The zero-order chi connectivity index (χ0) is 17.0. The number of aliphatic hydroxyl groups is 2. The van der Waals surface area contributed by atoms with Crippen molar-refractivity contribution in [1.29, 1.82) is 0 Å². The van der Waals surface area contributed by atoms with Crippen molar-refractivity contribution in [2.75, 3.05) is 0 Å². The molecule has 1 saturated carbocycles. The Morgan fingerprint density at radius 2 is 1.88 bits per heavy atom. The van der Waals surface area contributed by atoms with E-state index in [2.05, 4.69) is 12.2 Å². The lowest BCUT2D eigenvalue weighted by atomic mass is 9.68. The van der Waals surface area contributed by atoms with Crippen molar-refractivity contribution in [2.24, 2.45) is 29.6 Å². The summed E-state index contributed by atoms with van der Waals surface area (Å²) in [5.41, 5.74) is 0.167. The van der Waals surface area contributed by atoms with E-state index in [9.17, 15) is 19.8 Å². The molecule has 5 rings (SSSR count). The molecule has 5 aliphatic rings. The Bertz CT molecular complexity index is 601. The van der Waals surface area contributed by atoms with Crippen LogP contribution in [0.5, 0.6) is 0 Å². The number of Topliss-reactive ketones (excluding diaryl/α,β-unsaturated/α-hetero) is 1. The number of hydrogen-bond acceptors (Lipinski definition) is 5. The summed E-state index contributed by atoms with van der Waals surface area (Å²) in [4.78, 5) is 24.6. The van der Waals surface area contributed by atoms with Crippen LogP contribution in [-0.2, 0) is 14.3 Å². The predicted octanol–water partition coefficient (Wildman–Crippen LogP) is 1.39. The lowest BCUT2D eigenvalue weighted by Crippen LogP contribution is -2.39. The molecule has 130 valence electrons. The Morgan fingerprint density at radius 3 is 2.62 bits per heavy atom. The van der Waals surface area contributed by atoms with Crippen LogP contribution < -0.4 is 0 Å². The van der Waals surface area contributed by atoms with Crippen molar-refractivity contribution in [2.45, 2.75) is 50.9 Å². The second kappa shape index (κ2) is 5.81. The minimum Gasteiger partial charge on any atom is -0.458 e. The lowest BCUT2D eigenvalue weighted by Gasteiger charge is -2.38. The molecule has 0 aromatic rings. The zero-order valence-corrected chi connectivity index (χ0v) is 13.8. The molecule has 5 heteroatoms. The van der Waals surface area contributed by atoms with Gasteiger partial charge in [-0.3, -0.25) is 4.79 Å². The fourth-order valence-corrected chi connectivity index (χ4v) is 5.11. The van der Waals surface area contributed by atoms with Crippen LogP contribution in [0, 0.1) is 29.6 Å². The molecule has 0 amide bonds. The molecule has 0 radical (unpaired) electrons. The second-order valence-electron chi connectivity index (χ2n) is 7.93. The lowest BCUT2D eigenvalue weighted by molar-refractivity contribution is -0.153. The Morgan fingerprint density at radius 1 is 1.08 bits per heavy atom. The number of hydrogen-bond donors (Lipinski definition) is 2. The monoisotopic (exact) mass is 332 g/mol. The number of fused-ring (bicyclic) bond motifs is 5. The smallest absolute Gasteiger partial charge is 0.341 e. The highest BCUT2D eigenvalue weighted by atomic mass is 16.5. The van der Waals surface area contributed by atoms with Gasteiger partial charge in [0.25, 0.3) is 0 Å². The van der Waals surface area contributed by atoms with Crippen molar-refractivity contribution < 1.29 is 24.5 Å². The Kier molecular flexibility index (Phi) is 3.88. The molecule has 2 bridgehead atoms. The number of allylic oxidation sites excluding steroid dienone is 2. The van der Waals surface area contributed by atoms with Gasteiger partial charge in [-0.2, -0.15) is 0 Å². The van der Waals surface area contributed by atoms with E-state index >= 15 is 0 Å². The van der Waals surface area contributed by atoms with E-state index in [0.717, 1.165) is 6.42 Å². The summed E-state index contributed by atoms with van der Waals surface area (Å²) in [5.74, 6) is -0.214. The highest BCUT2D eigenvalue weighted by molar-refractivity contribution is 6.18. The third kappa shape index (κ3) is 2.54. The Balaban J connectivity index is 1.76. The van der Waals surface area contributed by atoms with Gasteiger partial charge in [-0.15, -0.1) is 0 Å². The highest BCUT2D eigenvalue weighted by Crippen LogP contribution is 2.49. The quantitative estimate of drug-likeness (QED) is 0.398. The third-order valence-corrected chi connectivity index (χ3v) is 6.33. The summed E-state index contributed by atoms with van der Waals surface area (Å²) >= 11 is 0. The Labute approximate surface area is 141 Å². The molecular formula is C19H24O5. The van der Waals surface area contributed by atoms with Crippen molar-refractivity contribution >= 4 is 11.8 Å². The summed E-state index contributed by atoms with van der Waals surface area (Å²) in [7, 11) is 0. The average Bonchev–Trinajstić information content (AvgIpc) is 2.79. The van der Waals surface area contributed by atoms with Crippen LogP contribution in [-0.4, -0.2) is 40.3 Å². The molecule has 1 saturated heterocycles. The fraction of sp³-hybridized carbons (Fsp3) is 0.684. The topological polar surface area (TPSA) is 83.8 Å². The van der Waals surface area contributed by atoms with Gasteiger partial charge >= 0.3 is 5.97 Å². The number of rotatable bonds is 0. The minimum atomic E-state index is -0.596. The molecule has 0 aromatic carbocycles. The van der Waals surface area contributed by atoms with Crippen LogP contribution in [0.3, 0.4) is 0 Å². The maximum atomic E-state index is 12.4. The average molecular weight is 332 g/mol. The van der Waals surface area contributed by atoms with E-state index in [4.69, 9.17) is 4.74 Å². The summed E-state index contributed by atoms with van der Waals surface area (Å²) in [6.07, 6.45) is 6.38. The first-order chi connectivity index (χ1) is 11.4. The van der Waals surface area contributed by atoms with E-state index in [1.807, 2.05) is 6.92 Å². The van der Waals surface area contributed by atoms with Crippen molar-refractivity contribution in [3.8, 4) is 0 Å². The maximum absolute atomic E-state index is 12.4. The van der Waals surface area contributed by atoms with Crippen LogP contribution in [0.2, 0.25) is 0 Å². The van der Waals surface area contributed by atoms with Gasteiger partial charge in [-0.05, 0) is 36.5 Å². The first-order valence-corrected chi connectivity index (χ1v) is 8.94. The standard InChI is InChI=1S/C19H24O5/c1-9-4-15-13(18(9)22)3-2-10-5-11(20)6-12-7-17(21)16(8-14(10)15)19(23)24-12/h2-3,8-15,18,20,22H,4-7H2,1H3/t9-,10+,11+,12+,13-,14-,15-,18-/m0/s1. The van der Waals surface area contributed by atoms with Gasteiger partial charge in [0.05, 0.1) is 17.8 Å². The molecule has 2 fully saturated rings. The molecule has 2 N–H and O–H groups in total. The molecule has 0 spiro atoms. The van der Waals surface area contributed by atoms with Crippen LogP contribution in [0.15, 0.2) is 23.8 Å². The van der Waals surface area contributed by atoms with Crippen LogP contribution >= 0.6 is 0 Å². The van der Waals surface area contributed by atoms with Crippen molar-refractivity contribution in [3.63, 3.8) is 0 Å². The summed E-state index contributed by atoms with van der Waals surface area (Å²) in [6.45, 7) is 2.04. The molecule has 24 heavy (non-hydrogen) atoms. The van der Waals surface area contributed by atoms with Crippen molar-refractivity contribution in [3.05, 3.63) is 23.8 Å². The van der Waals surface area contributed by atoms with E-state index in [-0.39, 0.29) is 53.5 Å². The molecule has 3 aliphatic carbocycles. The molecular weight excluding hydrogens is 308 g/mol. The van der Waals surface area contributed by atoms with Gasteiger partial charge in [-0.25, -0.2) is 4.79 Å². The highest BCUT2D eigenvalue weighted by Gasteiger charge is 2.47. The Hall–Kier alpha value is -1.46. The molecule has 2 aliphatic heterocycles. The first-order valence-electron chi connectivity index (χ1n) is 8.94. The van der Waals surface area contributed by atoms with Crippen LogP contribution in [0.4, 0.5) is 0 Å². The largest absolute Gasteiger partial charge is 0.458 e. The van der Waals surface area contributed by atoms with E-state index in [1.54, 1.807) is 6.08 Å². The summed E-state index contributed by atoms with van der Waals surface area (Å²) < 4.78 is 5.34. The summed E-state index contributed by atoms with van der Waals surface area (Å²) in [5, 5.41) is 20.8. The molecule has 2 heterocycles. The fourth-order valence-electron chi connectivity index (χ4n) is 5.11. The van der Waals surface area contributed by atoms with Crippen LogP contribution in [0.25, 0.3) is 0 Å². The molecule has 5 nitrogen and oxygen atoms in total. The predicted molar refractivity (Wildman–Crippen MR) is 85.7 cm³/mol. The molecule has 0 unspecified atom stereocenters. The zero-order valence-electron chi connectivity index (χ0n) is 13.8. The van der Waals surface area contributed by atoms with Gasteiger partial charge in [0.15, 0.2) is 5.78 Å². The molecule has 8 atom stereocenters. The number of aliphatic hydroxyl groups excluding tert-OH is 2. The number of ketones is 1. The SMILES string of the molecule is C[C@H]1C[C@H]2[C@H](C=C[C@@H]3C[C@@H](O)C[C@@H]4CC(=O)C(=C[C@H]23)C(=O)O4)[C@H]1O. The number of carbonyl (C=O) groups is 2. The number of ether oxygens (including phenoxy) is 1. The van der Waals surface area contributed by atoms with Gasteiger partial charge in [-0.1, -0.05) is 25.2 Å². The van der Waals surface area contributed by atoms with Gasteiger partial charge < -0.3 is 14.9 Å². The van der Waals surface area contributed by atoms with Gasteiger partial charge in [0.1, 0.15) is 6.10 Å². The first kappa shape index (κ1) is 16.0. The van der Waals surface area contributed by atoms with E-state index in [0.29, 0.717) is 12.8 Å². The van der Waals surface area contributed by atoms with Gasteiger partial charge in [0.2, 0.25) is 0 Å². The number of esters is 1.